The van der Waals surface area contributed by atoms with Crippen LogP contribution in [0.25, 0.3) is 0 Å². The van der Waals surface area contributed by atoms with E-state index in [0.29, 0.717) is 13.2 Å². The lowest BCUT2D eigenvalue weighted by molar-refractivity contribution is -0.133. The maximum absolute atomic E-state index is 11.9. The Labute approximate surface area is 90.4 Å². The first kappa shape index (κ1) is 12.4. The van der Waals surface area contributed by atoms with E-state index < -0.39 is 0 Å². The zero-order valence-corrected chi connectivity index (χ0v) is 9.40. The van der Waals surface area contributed by atoms with Crippen molar-refractivity contribution >= 4 is 5.91 Å². The van der Waals surface area contributed by atoms with Gasteiger partial charge in [0, 0.05) is 13.7 Å². The summed E-state index contributed by atoms with van der Waals surface area (Å²) in [4.78, 5) is 13.6. The fourth-order valence-electron chi connectivity index (χ4n) is 1.93. The molecule has 5 heteroatoms. The van der Waals surface area contributed by atoms with Crippen molar-refractivity contribution in [1.29, 1.82) is 0 Å². The first-order valence-electron chi connectivity index (χ1n) is 5.38. The van der Waals surface area contributed by atoms with E-state index in [-0.39, 0.29) is 24.6 Å². The van der Waals surface area contributed by atoms with Gasteiger partial charge >= 0.3 is 0 Å². The van der Waals surface area contributed by atoms with E-state index in [9.17, 15) is 4.79 Å². The summed E-state index contributed by atoms with van der Waals surface area (Å²) in [5.41, 5.74) is 0. The molecule has 2 unspecified atom stereocenters. The van der Waals surface area contributed by atoms with Gasteiger partial charge in [-0.15, -0.1) is 0 Å². The third-order valence-electron chi connectivity index (χ3n) is 2.70. The van der Waals surface area contributed by atoms with E-state index in [0.717, 1.165) is 13.0 Å². The van der Waals surface area contributed by atoms with Crippen LogP contribution in [0.4, 0.5) is 0 Å². The van der Waals surface area contributed by atoms with Crippen LogP contribution in [0.2, 0.25) is 0 Å². The molecule has 1 aliphatic rings. The number of likely N-dealkylation sites (tertiary alicyclic amines) is 1. The van der Waals surface area contributed by atoms with E-state index in [4.69, 9.17) is 9.84 Å². The highest BCUT2D eigenvalue weighted by Crippen LogP contribution is 2.14. The molecule has 0 radical (unpaired) electrons. The van der Waals surface area contributed by atoms with Crippen LogP contribution < -0.4 is 5.32 Å². The first-order chi connectivity index (χ1) is 7.24. The molecule has 5 nitrogen and oxygen atoms in total. The fourth-order valence-corrected chi connectivity index (χ4v) is 1.93. The van der Waals surface area contributed by atoms with Crippen LogP contribution in [-0.2, 0) is 9.53 Å². The smallest absolute Gasteiger partial charge is 0.240 e. The number of nitrogens with zero attached hydrogens (tertiary/aromatic N) is 1. The number of aliphatic hydroxyl groups is 1. The second kappa shape index (κ2) is 6.05. The fraction of sp³-hybridized carbons (Fsp3) is 0.900. The zero-order valence-electron chi connectivity index (χ0n) is 9.40. The molecule has 1 heterocycles. The molecule has 1 amide bonds. The van der Waals surface area contributed by atoms with Crippen LogP contribution in [0.1, 0.15) is 13.3 Å². The Morgan fingerprint density at radius 2 is 2.47 bits per heavy atom. The van der Waals surface area contributed by atoms with Gasteiger partial charge < -0.3 is 20.1 Å². The summed E-state index contributed by atoms with van der Waals surface area (Å²) in [5, 5.41) is 12.3. The lowest BCUT2D eigenvalue weighted by atomic mass is 10.2. The van der Waals surface area contributed by atoms with Crippen LogP contribution >= 0.6 is 0 Å². The van der Waals surface area contributed by atoms with Gasteiger partial charge in [-0.2, -0.15) is 0 Å². The maximum atomic E-state index is 11.9. The number of carbonyl (C=O) groups is 1. The van der Waals surface area contributed by atoms with E-state index >= 15 is 0 Å². The molecule has 0 aromatic rings. The Bertz CT molecular complexity index is 211. The summed E-state index contributed by atoms with van der Waals surface area (Å²) in [6.07, 6.45) is 0.812. The van der Waals surface area contributed by atoms with Crippen molar-refractivity contribution in [3.63, 3.8) is 0 Å². The van der Waals surface area contributed by atoms with Crippen molar-refractivity contribution in [2.75, 3.05) is 33.4 Å². The average molecular weight is 216 g/mol. The van der Waals surface area contributed by atoms with Crippen molar-refractivity contribution in [2.24, 2.45) is 0 Å². The number of rotatable bonds is 6. The Kier molecular flexibility index (Phi) is 5.01. The van der Waals surface area contributed by atoms with Gasteiger partial charge in [0.15, 0.2) is 0 Å². The molecule has 0 bridgehead atoms. The average Bonchev–Trinajstić information content (AvgIpc) is 2.58. The quantitative estimate of drug-likeness (QED) is 0.610. The third kappa shape index (κ3) is 2.90. The first-order valence-corrected chi connectivity index (χ1v) is 5.38. The largest absolute Gasteiger partial charge is 0.394 e. The van der Waals surface area contributed by atoms with Crippen molar-refractivity contribution in [2.45, 2.75) is 25.4 Å². The minimum Gasteiger partial charge on any atom is -0.394 e. The van der Waals surface area contributed by atoms with Crippen LogP contribution in [0.3, 0.4) is 0 Å². The number of likely N-dealkylation sites (N-methyl/N-ethyl adjacent to an activating group) is 1. The lowest BCUT2D eigenvalue weighted by Gasteiger charge is -2.25. The normalized spacial score (nSPS) is 23.5. The van der Waals surface area contributed by atoms with E-state index in [1.54, 1.807) is 12.0 Å². The number of hydrogen-bond acceptors (Lipinski definition) is 4. The predicted octanol–water partition coefficient (Wildman–Crippen LogP) is -0.796. The summed E-state index contributed by atoms with van der Waals surface area (Å²) in [6.45, 7) is 3.82. The standard InChI is InChI=1S/C10H20N2O3/c1-3-11-9-4-5-12(10(9)14)8(6-13)7-15-2/h8-9,11,13H,3-7H2,1-2H3. The number of aliphatic hydroxyl groups excluding tert-OH is 1. The Hall–Kier alpha value is -0.650. The monoisotopic (exact) mass is 216 g/mol. The van der Waals surface area contributed by atoms with Gasteiger partial charge in [-0.1, -0.05) is 6.92 Å². The molecule has 0 aromatic heterocycles. The molecule has 0 aromatic carbocycles. The molecule has 0 aliphatic carbocycles. The van der Waals surface area contributed by atoms with E-state index in [2.05, 4.69) is 5.32 Å². The number of amides is 1. The minimum atomic E-state index is -0.203. The second-order valence-corrected chi connectivity index (χ2v) is 3.72. The minimum absolute atomic E-state index is 0.0432. The lowest BCUT2D eigenvalue weighted by Crippen LogP contribution is -2.46. The van der Waals surface area contributed by atoms with Crippen molar-refractivity contribution < 1.29 is 14.6 Å². The Balaban J connectivity index is 2.53. The highest BCUT2D eigenvalue weighted by Gasteiger charge is 2.34. The van der Waals surface area contributed by atoms with Crippen molar-refractivity contribution in [3.8, 4) is 0 Å². The maximum Gasteiger partial charge on any atom is 0.240 e. The molecular formula is C10H20N2O3. The molecule has 15 heavy (non-hydrogen) atoms. The highest BCUT2D eigenvalue weighted by atomic mass is 16.5. The van der Waals surface area contributed by atoms with Gasteiger partial charge in [-0.3, -0.25) is 4.79 Å². The molecular weight excluding hydrogens is 196 g/mol. The number of nitrogens with one attached hydrogen (secondary N) is 1. The molecule has 0 spiro atoms. The molecule has 88 valence electrons. The molecule has 1 saturated heterocycles. The topological polar surface area (TPSA) is 61.8 Å². The van der Waals surface area contributed by atoms with Crippen LogP contribution in [0, 0.1) is 0 Å². The third-order valence-corrected chi connectivity index (χ3v) is 2.70. The molecule has 1 fully saturated rings. The number of hydrogen-bond donors (Lipinski definition) is 2. The van der Waals surface area contributed by atoms with Gasteiger partial charge in [0.05, 0.1) is 25.3 Å². The van der Waals surface area contributed by atoms with Crippen molar-refractivity contribution in [1.82, 2.24) is 10.2 Å². The Morgan fingerprint density at radius 3 is 3.00 bits per heavy atom. The highest BCUT2D eigenvalue weighted by molar-refractivity contribution is 5.84. The van der Waals surface area contributed by atoms with Gasteiger partial charge in [0.1, 0.15) is 0 Å². The Morgan fingerprint density at radius 1 is 1.73 bits per heavy atom. The molecule has 0 saturated carbocycles. The SMILES string of the molecule is CCNC1CCN(C(CO)COC)C1=O. The number of methoxy groups -OCH3 is 1. The van der Waals surface area contributed by atoms with Crippen molar-refractivity contribution in [3.05, 3.63) is 0 Å². The zero-order chi connectivity index (χ0) is 11.3. The van der Waals surface area contributed by atoms with Crippen LogP contribution in [-0.4, -0.2) is 61.4 Å². The second-order valence-electron chi connectivity index (χ2n) is 3.72. The summed E-state index contributed by atoms with van der Waals surface area (Å²) in [5.74, 6) is 0.0768. The summed E-state index contributed by atoms with van der Waals surface area (Å²) in [7, 11) is 1.57. The van der Waals surface area contributed by atoms with E-state index in [1.165, 1.54) is 0 Å². The molecule has 2 N–H and O–H groups in total. The van der Waals surface area contributed by atoms with Gasteiger partial charge in [-0.25, -0.2) is 0 Å². The van der Waals surface area contributed by atoms with Gasteiger partial charge in [-0.05, 0) is 13.0 Å². The van der Waals surface area contributed by atoms with Gasteiger partial charge in [0.2, 0.25) is 5.91 Å². The number of ether oxygens (including phenoxy) is 1. The summed E-state index contributed by atoms with van der Waals surface area (Å²) < 4.78 is 4.98. The number of carbonyl (C=O) groups excluding carboxylic acids is 1. The molecule has 2 atom stereocenters. The van der Waals surface area contributed by atoms with Crippen LogP contribution in [0.15, 0.2) is 0 Å². The van der Waals surface area contributed by atoms with Crippen LogP contribution in [0.5, 0.6) is 0 Å². The molecule has 1 rings (SSSR count). The molecule has 1 aliphatic heterocycles. The van der Waals surface area contributed by atoms with Gasteiger partial charge in [0.25, 0.3) is 0 Å². The predicted molar refractivity (Wildman–Crippen MR) is 56.5 cm³/mol. The van der Waals surface area contributed by atoms with E-state index in [1.807, 2.05) is 6.92 Å². The summed E-state index contributed by atoms with van der Waals surface area (Å²) in [6, 6.07) is -0.285. The summed E-state index contributed by atoms with van der Waals surface area (Å²) >= 11 is 0.